The van der Waals surface area contributed by atoms with E-state index >= 15 is 0 Å². The third-order valence-electron chi connectivity index (χ3n) is 3.54. The average molecular weight is 227 g/mol. The van der Waals surface area contributed by atoms with Gasteiger partial charge in [0, 0.05) is 17.3 Å². The fourth-order valence-corrected chi connectivity index (χ4v) is 2.55. The first kappa shape index (κ1) is 10.5. The van der Waals surface area contributed by atoms with E-state index in [-0.39, 0.29) is 0 Å². The van der Waals surface area contributed by atoms with Crippen LogP contribution in [0, 0.1) is 0 Å². The summed E-state index contributed by atoms with van der Waals surface area (Å²) in [6, 6.07) is 8.14. The van der Waals surface area contributed by atoms with Gasteiger partial charge in [0.05, 0.1) is 5.52 Å². The van der Waals surface area contributed by atoms with E-state index in [9.17, 15) is 0 Å². The van der Waals surface area contributed by atoms with E-state index in [1.54, 1.807) is 0 Å². The molecule has 1 fully saturated rings. The van der Waals surface area contributed by atoms with Crippen LogP contribution < -0.4 is 11.1 Å². The Morgan fingerprint density at radius 3 is 2.82 bits per heavy atom. The van der Waals surface area contributed by atoms with Crippen molar-refractivity contribution in [2.75, 3.05) is 18.8 Å². The Labute approximate surface area is 101 Å². The van der Waals surface area contributed by atoms with E-state index in [0.29, 0.717) is 5.92 Å². The topological polar surface area (TPSA) is 50.9 Å². The summed E-state index contributed by atoms with van der Waals surface area (Å²) in [5.41, 5.74) is 9.00. The molecular formula is C14H17N3. The second kappa shape index (κ2) is 4.34. The summed E-state index contributed by atoms with van der Waals surface area (Å²) >= 11 is 0. The van der Waals surface area contributed by atoms with E-state index in [1.165, 1.54) is 18.4 Å². The van der Waals surface area contributed by atoms with Gasteiger partial charge in [0.2, 0.25) is 0 Å². The van der Waals surface area contributed by atoms with Gasteiger partial charge in [0.25, 0.3) is 0 Å². The van der Waals surface area contributed by atoms with Crippen molar-refractivity contribution in [2.24, 2.45) is 0 Å². The number of piperidine rings is 1. The van der Waals surface area contributed by atoms with Crippen molar-refractivity contribution in [3.05, 3.63) is 36.0 Å². The number of hydrogen-bond acceptors (Lipinski definition) is 3. The van der Waals surface area contributed by atoms with Gasteiger partial charge in [0.1, 0.15) is 0 Å². The molecular weight excluding hydrogens is 210 g/mol. The fourth-order valence-electron chi connectivity index (χ4n) is 2.55. The lowest BCUT2D eigenvalue weighted by Gasteiger charge is -2.22. The minimum Gasteiger partial charge on any atom is -0.399 e. The summed E-state index contributed by atoms with van der Waals surface area (Å²) in [5.74, 6) is 0.648. The minimum atomic E-state index is 0.648. The molecule has 3 rings (SSSR count). The van der Waals surface area contributed by atoms with Crippen molar-refractivity contribution in [3.63, 3.8) is 0 Å². The van der Waals surface area contributed by atoms with Crippen LogP contribution in [0.5, 0.6) is 0 Å². The monoisotopic (exact) mass is 227 g/mol. The molecule has 0 radical (unpaired) electrons. The number of rotatable bonds is 1. The van der Waals surface area contributed by atoms with Gasteiger partial charge in [-0.05, 0) is 61.7 Å². The summed E-state index contributed by atoms with van der Waals surface area (Å²) in [6.07, 6.45) is 4.43. The maximum atomic E-state index is 5.81. The van der Waals surface area contributed by atoms with Crippen molar-refractivity contribution in [1.82, 2.24) is 10.3 Å². The lowest BCUT2D eigenvalue weighted by molar-refractivity contribution is 0.460. The Kier molecular flexibility index (Phi) is 2.69. The summed E-state index contributed by atoms with van der Waals surface area (Å²) in [7, 11) is 0. The Hall–Kier alpha value is -1.61. The highest BCUT2D eigenvalue weighted by Gasteiger charge is 2.15. The molecule has 1 aromatic carbocycles. The highest BCUT2D eigenvalue weighted by molar-refractivity contribution is 5.82. The van der Waals surface area contributed by atoms with Crippen molar-refractivity contribution >= 4 is 16.6 Å². The number of nitrogens with zero attached hydrogens (tertiary/aromatic N) is 1. The molecule has 2 heterocycles. The normalized spacial score (nSPS) is 17.4. The molecule has 0 saturated carbocycles. The molecule has 3 heteroatoms. The molecule has 0 amide bonds. The second-order valence-electron chi connectivity index (χ2n) is 4.75. The molecule has 1 aliphatic rings. The summed E-state index contributed by atoms with van der Waals surface area (Å²) in [4.78, 5) is 4.52. The average Bonchev–Trinajstić information content (AvgIpc) is 2.39. The Bertz CT molecular complexity index is 530. The summed E-state index contributed by atoms with van der Waals surface area (Å²) in [6.45, 7) is 2.22. The predicted molar refractivity (Wildman–Crippen MR) is 71.0 cm³/mol. The molecule has 1 saturated heterocycles. The minimum absolute atomic E-state index is 0.648. The van der Waals surface area contributed by atoms with E-state index < -0.39 is 0 Å². The first-order valence-electron chi connectivity index (χ1n) is 6.19. The largest absolute Gasteiger partial charge is 0.399 e. The van der Waals surface area contributed by atoms with Crippen molar-refractivity contribution in [2.45, 2.75) is 18.8 Å². The van der Waals surface area contributed by atoms with E-state index in [0.717, 1.165) is 29.7 Å². The van der Waals surface area contributed by atoms with Crippen LogP contribution in [-0.4, -0.2) is 18.1 Å². The lowest BCUT2D eigenvalue weighted by atomic mass is 9.91. The third kappa shape index (κ3) is 2.11. The SMILES string of the molecule is Nc1ccc2ncc(C3CCNCC3)cc2c1. The fraction of sp³-hybridized carbons (Fsp3) is 0.357. The lowest BCUT2D eigenvalue weighted by Crippen LogP contribution is -2.26. The van der Waals surface area contributed by atoms with Gasteiger partial charge in [-0.25, -0.2) is 0 Å². The van der Waals surface area contributed by atoms with Crippen LogP contribution >= 0.6 is 0 Å². The first-order chi connectivity index (χ1) is 8.33. The number of benzene rings is 1. The molecule has 1 aromatic heterocycles. The summed E-state index contributed by atoms with van der Waals surface area (Å²) < 4.78 is 0. The molecule has 88 valence electrons. The van der Waals surface area contributed by atoms with Gasteiger partial charge in [-0.15, -0.1) is 0 Å². The predicted octanol–water partition coefficient (Wildman–Crippen LogP) is 2.28. The number of pyridine rings is 1. The van der Waals surface area contributed by atoms with E-state index in [4.69, 9.17) is 5.73 Å². The number of aromatic nitrogens is 1. The van der Waals surface area contributed by atoms with Gasteiger partial charge >= 0.3 is 0 Å². The smallest absolute Gasteiger partial charge is 0.0703 e. The van der Waals surface area contributed by atoms with Crippen LogP contribution in [0.3, 0.4) is 0 Å². The number of fused-ring (bicyclic) bond motifs is 1. The number of nitrogens with two attached hydrogens (primary N) is 1. The van der Waals surface area contributed by atoms with Crippen LogP contribution in [0.25, 0.3) is 10.9 Å². The van der Waals surface area contributed by atoms with Crippen LogP contribution in [-0.2, 0) is 0 Å². The molecule has 0 aliphatic carbocycles. The van der Waals surface area contributed by atoms with Gasteiger partial charge < -0.3 is 11.1 Å². The van der Waals surface area contributed by atoms with Crippen LogP contribution in [0.15, 0.2) is 30.5 Å². The molecule has 0 bridgehead atoms. The third-order valence-corrected chi connectivity index (χ3v) is 3.54. The zero-order valence-corrected chi connectivity index (χ0v) is 9.82. The molecule has 17 heavy (non-hydrogen) atoms. The maximum Gasteiger partial charge on any atom is 0.0703 e. The number of nitrogen functional groups attached to an aromatic ring is 1. The Morgan fingerprint density at radius 2 is 2.00 bits per heavy atom. The quantitative estimate of drug-likeness (QED) is 0.735. The van der Waals surface area contributed by atoms with E-state index in [1.807, 2.05) is 24.4 Å². The van der Waals surface area contributed by atoms with Gasteiger partial charge in [-0.1, -0.05) is 0 Å². The number of nitrogens with one attached hydrogen (secondary N) is 1. The standard InChI is InChI=1S/C14H17N3/c15-13-1-2-14-11(8-13)7-12(9-17-14)10-3-5-16-6-4-10/h1-2,7-10,16H,3-6,15H2. The first-order valence-corrected chi connectivity index (χ1v) is 6.19. The maximum absolute atomic E-state index is 5.81. The van der Waals surface area contributed by atoms with Crippen LogP contribution in [0.2, 0.25) is 0 Å². The Morgan fingerprint density at radius 1 is 1.18 bits per heavy atom. The van der Waals surface area contributed by atoms with Gasteiger partial charge in [0.15, 0.2) is 0 Å². The molecule has 3 N–H and O–H groups in total. The highest BCUT2D eigenvalue weighted by atomic mass is 14.9. The molecule has 0 unspecified atom stereocenters. The van der Waals surface area contributed by atoms with E-state index in [2.05, 4.69) is 16.4 Å². The van der Waals surface area contributed by atoms with Crippen molar-refractivity contribution in [1.29, 1.82) is 0 Å². The molecule has 0 atom stereocenters. The van der Waals surface area contributed by atoms with Gasteiger partial charge in [-0.2, -0.15) is 0 Å². The zero-order chi connectivity index (χ0) is 11.7. The molecule has 2 aromatic rings. The molecule has 3 nitrogen and oxygen atoms in total. The Balaban J connectivity index is 1.99. The summed E-state index contributed by atoms with van der Waals surface area (Å²) in [5, 5.41) is 4.54. The second-order valence-corrected chi connectivity index (χ2v) is 4.75. The zero-order valence-electron chi connectivity index (χ0n) is 9.82. The molecule has 1 aliphatic heterocycles. The van der Waals surface area contributed by atoms with Crippen molar-refractivity contribution in [3.8, 4) is 0 Å². The number of anilines is 1. The highest BCUT2D eigenvalue weighted by Crippen LogP contribution is 2.27. The van der Waals surface area contributed by atoms with Crippen LogP contribution in [0.4, 0.5) is 5.69 Å². The van der Waals surface area contributed by atoms with Gasteiger partial charge in [-0.3, -0.25) is 4.98 Å². The number of hydrogen-bond donors (Lipinski definition) is 2. The van der Waals surface area contributed by atoms with Crippen LogP contribution in [0.1, 0.15) is 24.3 Å². The molecule has 0 spiro atoms. The van der Waals surface area contributed by atoms with Crippen molar-refractivity contribution < 1.29 is 0 Å².